The van der Waals surface area contributed by atoms with E-state index < -0.39 is 0 Å². The summed E-state index contributed by atoms with van der Waals surface area (Å²) in [5, 5.41) is 6.00. The molecule has 2 heterocycles. The van der Waals surface area contributed by atoms with Gasteiger partial charge in [-0.1, -0.05) is 42.5 Å². The highest BCUT2D eigenvalue weighted by atomic mass is 35.5. The Bertz CT molecular complexity index is 765. The normalized spacial score (nSPS) is 30.9. The molecule has 1 saturated carbocycles. The fourth-order valence-corrected chi connectivity index (χ4v) is 4.54. The number of benzene rings is 2. The van der Waals surface area contributed by atoms with Crippen LogP contribution in [0.1, 0.15) is 17.9 Å². The lowest BCUT2D eigenvalue weighted by molar-refractivity contribution is -0.131. The summed E-state index contributed by atoms with van der Waals surface area (Å²) in [5.74, 6) is 2.44. The number of carbonyl (C=O) groups is 1. The third kappa shape index (κ3) is 2.60. The zero-order valence-electron chi connectivity index (χ0n) is 13.7. The SMILES string of the molecule is Cl.O=C(C1CC1c1ccc2ccccc2c1)N1C[C@H]2CNC[C@H]2C1. The number of fused-ring (bicyclic) bond motifs is 2. The summed E-state index contributed by atoms with van der Waals surface area (Å²) in [5.41, 5.74) is 1.34. The Balaban J connectivity index is 0.00000146. The lowest BCUT2D eigenvalue weighted by Crippen LogP contribution is -2.33. The quantitative estimate of drug-likeness (QED) is 0.909. The number of hydrogen-bond donors (Lipinski definition) is 1. The fourth-order valence-electron chi connectivity index (χ4n) is 4.54. The molecule has 0 radical (unpaired) electrons. The monoisotopic (exact) mass is 342 g/mol. The number of amides is 1. The Morgan fingerprint density at radius 1 is 1.00 bits per heavy atom. The van der Waals surface area contributed by atoms with Crippen molar-refractivity contribution < 1.29 is 4.79 Å². The minimum atomic E-state index is 0. The minimum Gasteiger partial charge on any atom is -0.342 e. The van der Waals surface area contributed by atoms with Gasteiger partial charge in [-0.15, -0.1) is 12.4 Å². The van der Waals surface area contributed by atoms with Crippen LogP contribution in [-0.2, 0) is 4.79 Å². The molecule has 24 heavy (non-hydrogen) atoms. The number of nitrogens with one attached hydrogen (secondary N) is 1. The smallest absolute Gasteiger partial charge is 0.226 e. The van der Waals surface area contributed by atoms with Crippen LogP contribution in [-0.4, -0.2) is 37.0 Å². The highest BCUT2D eigenvalue weighted by molar-refractivity contribution is 5.86. The third-order valence-corrected chi connectivity index (χ3v) is 6.01. The van der Waals surface area contributed by atoms with E-state index in [4.69, 9.17) is 0 Å². The Morgan fingerprint density at radius 2 is 1.71 bits per heavy atom. The number of hydrogen-bond acceptors (Lipinski definition) is 2. The van der Waals surface area contributed by atoms with Gasteiger partial charge in [-0.2, -0.15) is 0 Å². The Labute approximate surface area is 148 Å². The molecular formula is C20H23ClN2O. The van der Waals surface area contributed by atoms with Crippen LogP contribution in [0.3, 0.4) is 0 Å². The van der Waals surface area contributed by atoms with E-state index in [1.54, 1.807) is 0 Å². The number of carbonyl (C=O) groups excluding carboxylic acids is 1. The van der Waals surface area contributed by atoms with Crippen LogP contribution in [0.5, 0.6) is 0 Å². The van der Waals surface area contributed by atoms with Gasteiger partial charge in [-0.05, 0) is 40.5 Å². The highest BCUT2D eigenvalue weighted by Crippen LogP contribution is 2.49. The van der Waals surface area contributed by atoms with Gasteiger partial charge in [0.05, 0.1) is 0 Å². The largest absolute Gasteiger partial charge is 0.342 e. The first-order valence-corrected chi connectivity index (χ1v) is 8.78. The van der Waals surface area contributed by atoms with Gasteiger partial charge in [0.2, 0.25) is 5.91 Å². The Kier molecular flexibility index (Phi) is 4.01. The second kappa shape index (κ2) is 6.05. The first-order valence-electron chi connectivity index (χ1n) is 8.78. The third-order valence-electron chi connectivity index (χ3n) is 6.01. The van der Waals surface area contributed by atoms with Crippen molar-refractivity contribution in [3.05, 3.63) is 48.0 Å². The van der Waals surface area contributed by atoms with Crippen molar-refractivity contribution >= 4 is 29.1 Å². The second-order valence-corrected chi connectivity index (χ2v) is 7.48. The molecule has 3 fully saturated rings. The number of rotatable bonds is 2. The van der Waals surface area contributed by atoms with E-state index in [9.17, 15) is 4.79 Å². The second-order valence-electron chi connectivity index (χ2n) is 7.48. The topological polar surface area (TPSA) is 32.3 Å². The van der Waals surface area contributed by atoms with E-state index >= 15 is 0 Å². The summed E-state index contributed by atoms with van der Waals surface area (Å²) in [7, 11) is 0. The van der Waals surface area contributed by atoms with Crippen molar-refractivity contribution in [2.75, 3.05) is 26.2 Å². The van der Waals surface area contributed by atoms with E-state index in [2.05, 4.69) is 52.7 Å². The van der Waals surface area contributed by atoms with Gasteiger partial charge >= 0.3 is 0 Å². The predicted molar refractivity (Wildman–Crippen MR) is 98.5 cm³/mol. The summed E-state index contributed by atoms with van der Waals surface area (Å²) in [6, 6.07) is 15.1. The van der Waals surface area contributed by atoms with Crippen molar-refractivity contribution in [1.82, 2.24) is 10.2 Å². The number of halogens is 1. The minimum absolute atomic E-state index is 0. The molecule has 1 amide bonds. The molecule has 1 N–H and O–H groups in total. The molecule has 2 unspecified atom stereocenters. The molecule has 4 atom stereocenters. The lowest BCUT2D eigenvalue weighted by atomic mass is 10.0. The molecule has 0 bridgehead atoms. The molecule has 2 aliphatic heterocycles. The molecule has 2 aromatic carbocycles. The highest BCUT2D eigenvalue weighted by Gasteiger charge is 2.48. The molecule has 3 aliphatic rings. The molecule has 2 aromatic rings. The van der Waals surface area contributed by atoms with Gasteiger partial charge in [0.1, 0.15) is 0 Å². The molecule has 4 heteroatoms. The van der Waals surface area contributed by atoms with E-state index in [1.165, 1.54) is 16.3 Å². The molecule has 5 rings (SSSR count). The number of likely N-dealkylation sites (tertiary alicyclic amines) is 1. The predicted octanol–water partition coefficient (Wildman–Crippen LogP) is 3.04. The van der Waals surface area contributed by atoms with Crippen LogP contribution < -0.4 is 5.32 Å². The fraction of sp³-hybridized carbons (Fsp3) is 0.450. The van der Waals surface area contributed by atoms with Crippen molar-refractivity contribution in [2.24, 2.45) is 17.8 Å². The van der Waals surface area contributed by atoms with E-state index in [0.29, 0.717) is 23.7 Å². The molecule has 0 spiro atoms. The molecule has 0 aromatic heterocycles. The van der Waals surface area contributed by atoms with Crippen LogP contribution in [0.2, 0.25) is 0 Å². The zero-order chi connectivity index (χ0) is 15.4. The van der Waals surface area contributed by atoms with Crippen LogP contribution in [0.4, 0.5) is 0 Å². The van der Waals surface area contributed by atoms with E-state index in [0.717, 1.165) is 32.6 Å². The first kappa shape index (κ1) is 15.9. The summed E-state index contributed by atoms with van der Waals surface area (Å²) < 4.78 is 0. The molecule has 126 valence electrons. The van der Waals surface area contributed by atoms with Crippen molar-refractivity contribution in [2.45, 2.75) is 12.3 Å². The maximum Gasteiger partial charge on any atom is 0.226 e. The molecule has 3 nitrogen and oxygen atoms in total. The van der Waals surface area contributed by atoms with Gasteiger partial charge in [0, 0.05) is 32.1 Å². The lowest BCUT2D eigenvalue weighted by Gasteiger charge is -2.17. The van der Waals surface area contributed by atoms with Crippen LogP contribution in [0.25, 0.3) is 10.8 Å². The average Bonchev–Trinajstić information content (AvgIpc) is 3.09. The van der Waals surface area contributed by atoms with Crippen LogP contribution in [0, 0.1) is 17.8 Å². The van der Waals surface area contributed by atoms with Crippen molar-refractivity contribution in [3.63, 3.8) is 0 Å². The van der Waals surface area contributed by atoms with Crippen LogP contribution >= 0.6 is 12.4 Å². The average molecular weight is 343 g/mol. The molecule has 2 saturated heterocycles. The van der Waals surface area contributed by atoms with Gasteiger partial charge in [0.15, 0.2) is 0 Å². The van der Waals surface area contributed by atoms with Gasteiger partial charge < -0.3 is 10.2 Å². The Morgan fingerprint density at radius 3 is 2.46 bits per heavy atom. The number of nitrogens with zero attached hydrogens (tertiary/aromatic N) is 1. The van der Waals surface area contributed by atoms with Crippen molar-refractivity contribution in [1.29, 1.82) is 0 Å². The standard InChI is InChI=1S/C20H22N2O.ClH/c23-20(22-11-16-9-21-10-17(16)12-22)19-8-18(19)15-6-5-13-3-1-2-4-14(13)7-15;/h1-7,16-19,21H,8-12H2;1H/t16-,17+,18?,19?;. The molecule has 1 aliphatic carbocycles. The van der Waals surface area contributed by atoms with Gasteiger partial charge in [0.25, 0.3) is 0 Å². The summed E-state index contributed by atoms with van der Waals surface area (Å²) >= 11 is 0. The van der Waals surface area contributed by atoms with Crippen LogP contribution in [0.15, 0.2) is 42.5 Å². The van der Waals surface area contributed by atoms with E-state index in [1.807, 2.05) is 0 Å². The van der Waals surface area contributed by atoms with E-state index in [-0.39, 0.29) is 18.3 Å². The first-order chi connectivity index (χ1) is 11.3. The summed E-state index contributed by atoms with van der Waals surface area (Å²) in [6.07, 6.45) is 1.03. The zero-order valence-corrected chi connectivity index (χ0v) is 14.5. The van der Waals surface area contributed by atoms with Gasteiger partial charge in [-0.25, -0.2) is 0 Å². The van der Waals surface area contributed by atoms with Gasteiger partial charge in [-0.3, -0.25) is 4.79 Å². The van der Waals surface area contributed by atoms with Crippen molar-refractivity contribution in [3.8, 4) is 0 Å². The maximum atomic E-state index is 12.8. The summed E-state index contributed by atoms with van der Waals surface area (Å²) in [4.78, 5) is 14.9. The maximum absolute atomic E-state index is 12.8. The Hall–Kier alpha value is -1.58. The molecular weight excluding hydrogens is 320 g/mol. The summed E-state index contributed by atoms with van der Waals surface area (Å²) in [6.45, 7) is 4.12.